The Kier molecular flexibility index (Phi) is 3.31. The van der Waals surface area contributed by atoms with Crippen LogP contribution in [0.15, 0.2) is 65.8 Å². The highest BCUT2D eigenvalue weighted by molar-refractivity contribution is 5.83. The van der Waals surface area contributed by atoms with Crippen molar-refractivity contribution in [2.24, 2.45) is 5.73 Å². The normalized spacial score (nSPS) is 12.4. The first-order valence-corrected chi connectivity index (χ1v) is 6.49. The molecule has 20 heavy (non-hydrogen) atoms. The molecule has 0 bridgehead atoms. The summed E-state index contributed by atoms with van der Waals surface area (Å²) in [5.74, 6) is 0. The Morgan fingerprint density at radius 1 is 1.10 bits per heavy atom. The van der Waals surface area contributed by atoms with Gasteiger partial charge in [-0.2, -0.15) is 0 Å². The van der Waals surface area contributed by atoms with E-state index in [9.17, 15) is 4.79 Å². The van der Waals surface area contributed by atoms with Gasteiger partial charge in [-0.05, 0) is 22.4 Å². The fourth-order valence-corrected chi connectivity index (χ4v) is 2.27. The minimum absolute atomic E-state index is 0.0868. The van der Waals surface area contributed by atoms with Gasteiger partial charge < -0.3 is 5.73 Å². The number of nitrogens with two attached hydrogens (primary N) is 1. The van der Waals surface area contributed by atoms with Gasteiger partial charge in [-0.1, -0.05) is 36.4 Å². The zero-order valence-corrected chi connectivity index (χ0v) is 10.9. The summed E-state index contributed by atoms with van der Waals surface area (Å²) in [6.07, 6.45) is 3.00. The Balaban J connectivity index is 1.91. The van der Waals surface area contributed by atoms with E-state index in [0.717, 1.165) is 10.9 Å². The van der Waals surface area contributed by atoms with E-state index < -0.39 is 0 Å². The molecule has 0 spiro atoms. The van der Waals surface area contributed by atoms with Gasteiger partial charge in [0, 0.05) is 24.8 Å². The molecule has 0 aliphatic rings. The van der Waals surface area contributed by atoms with E-state index in [0.29, 0.717) is 6.54 Å². The van der Waals surface area contributed by atoms with Crippen molar-refractivity contribution >= 4 is 10.8 Å². The quantitative estimate of drug-likeness (QED) is 0.789. The van der Waals surface area contributed by atoms with E-state index in [1.54, 1.807) is 0 Å². The molecule has 0 aliphatic heterocycles. The number of hydrogen-bond acceptors (Lipinski definition) is 3. The summed E-state index contributed by atoms with van der Waals surface area (Å²) >= 11 is 0. The summed E-state index contributed by atoms with van der Waals surface area (Å²) in [6.45, 7) is 0.422. The van der Waals surface area contributed by atoms with Gasteiger partial charge >= 0.3 is 0 Å². The highest BCUT2D eigenvalue weighted by atomic mass is 16.1. The van der Waals surface area contributed by atoms with Crippen molar-refractivity contribution in [3.63, 3.8) is 0 Å². The van der Waals surface area contributed by atoms with Gasteiger partial charge in [-0.25, -0.2) is 4.98 Å². The predicted octanol–water partition coefficient (Wildman–Crippen LogP) is 2.10. The predicted molar refractivity (Wildman–Crippen MR) is 79.4 cm³/mol. The molecule has 0 radical (unpaired) electrons. The monoisotopic (exact) mass is 265 g/mol. The van der Waals surface area contributed by atoms with E-state index in [1.165, 1.54) is 28.5 Å². The third-order valence-corrected chi connectivity index (χ3v) is 3.39. The zero-order chi connectivity index (χ0) is 13.9. The second kappa shape index (κ2) is 5.27. The molecule has 1 unspecified atom stereocenters. The lowest BCUT2D eigenvalue weighted by Crippen LogP contribution is -2.26. The van der Waals surface area contributed by atoms with Crippen molar-refractivity contribution in [1.82, 2.24) is 9.55 Å². The molecule has 4 heteroatoms. The number of rotatable bonds is 3. The summed E-state index contributed by atoms with van der Waals surface area (Å²) in [6, 6.07) is 15.5. The van der Waals surface area contributed by atoms with Crippen molar-refractivity contribution in [1.29, 1.82) is 0 Å². The van der Waals surface area contributed by atoms with Crippen LogP contribution < -0.4 is 11.3 Å². The van der Waals surface area contributed by atoms with Gasteiger partial charge in [0.1, 0.15) is 0 Å². The lowest BCUT2D eigenvalue weighted by atomic mass is 10.0. The van der Waals surface area contributed by atoms with Gasteiger partial charge in [0.2, 0.25) is 0 Å². The molecular formula is C16H15N3O. The third-order valence-electron chi connectivity index (χ3n) is 3.39. The molecule has 4 nitrogen and oxygen atoms in total. The Labute approximate surface area is 116 Å². The van der Waals surface area contributed by atoms with Crippen LogP contribution in [0, 0.1) is 0 Å². The fraction of sp³-hybridized carbons (Fsp3) is 0.125. The number of fused-ring (bicyclic) bond motifs is 1. The van der Waals surface area contributed by atoms with E-state index in [4.69, 9.17) is 5.73 Å². The molecule has 2 aromatic carbocycles. The Morgan fingerprint density at radius 2 is 1.90 bits per heavy atom. The fourth-order valence-electron chi connectivity index (χ4n) is 2.27. The molecule has 3 aromatic rings. The zero-order valence-electron chi connectivity index (χ0n) is 10.9. The summed E-state index contributed by atoms with van der Waals surface area (Å²) in [4.78, 5) is 15.6. The highest BCUT2D eigenvalue weighted by Crippen LogP contribution is 2.19. The van der Waals surface area contributed by atoms with Crippen LogP contribution in [0.1, 0.15) is 11.6 Å². The maximum Gasteiger partial charge on any atom is 0.253 e. The SMILES string of the molecule is NC(Cn1cnccc1=O)c1ccc2ccccc2c1. The van der Waals surface area contributed by atoms with Crippen LogP contribution in [-0.2, 0) is 6.54 Å². The Morgan fingerprint density at radius 3 is 2.70 bits per heavy atom. The largest absolute Gasteiger partial charge is 0.322 e. The first-order valence-electron chi connectivity index (χ1n) is 6.49. The van der Waals surface area contributed by atoms with Crippen LogP contribution in [0.3, 0.4) is 0 Å². The molecule has 3 rings (SSSR count). The molecule has 0 saturated heterocycles. The molecule has 0 aliphatic carbocycles. The summed E-state index contributed by atoms with van der Waals surface area (Å²) < 4.78 is 1.53. The second-order valence-corrected chi connectivity index (χ2v) is 4.78. The maximum atomic E-state index is 11.7. The molecule has 1 aromatic heterocycles. The number of aromatic nitrogens is 2. The summed E-state index contributed by atoms with van der Waals surface area (Å²) in [7, 11) is 0. The maximum absolute atomic E-state index is 11.7. The topological polar surface area (TPSA) is 60.9 Å². The van der Waals surface area contributed by atoms with Crippen LogP contribution in [0.25, 0.3) is 10.8 Å². The molecule has 1 atom stereocenters. The molecule has 2 N–H and O–H groups in total. The minimum Gasteiger partial charge on any atom is -0.322 e. The number of benzene rings is 2. The minimum atomic E-state index is -0.235. The van der Waals surface area contributed by atoms with Gasteiger partial charge in [0.15, 0.2) is 0 Å². The summed E-state index contributed by atoms with van der Waals surface area (Å²) in [5, 5.41) is 2.33. The summed E-state index contributed by atoms with van der Waals surface area (Å²) in [5.41, 5.74) is 7.13. The van der Waals surface area contributed by atoms with Crippen LogP contribution in [-0.4, -0.2) is 9.55 Å². The number of nitrogens with zero attached hydrogens (tertiary/aromatic N) is 2. The van der Waals surface area contributed by atoms with E-state index in [-0.39, 0.29) is 11.6 Å². The van der Waals surface area contributed by atoms with Crippen LogP contribution in [0.4, 0.5) is 0 Å². The highest BCUT2D eigenvalue weighted by Gasteiger charge is 2.08. The van der Waals surface area contributed by atoms with Crippen molar-refractivity contribution in [3.05, 3.63) is 77.0 Å². The van der Waals surface area contributed by atoms with Crippen LogP contribution in [0.5, 0.6) is 0 Å². The van der Waals surface area contributed by atoms with Crippen molar-refractivity contribution in [2.45, 2.75) is 12.6 Å². The van der Waals surface area contributed by atoms with Gasteiger partial charge in [0.05, 0.1) is 6.33 Å². The van der Waals surface area contributed by atoms with Gasteiger partial charge in [-0.15, -0.1) is 0 Å². The average Bonchev–Trinajstić information content (AvgIpc) is 2.49. The molecule has 1 heterocycles. The first-order chi connectivity index (χ1) is 9.74. The van der Waals surface area contributed by atoms with Crippen LogP contribution >= 0.6 is 0 Å². The second-order valence-electron chi connectivity index (χ2n) is 4.78. The van der Waals surface area contributed by atoms with Crippen molar-refractivity contribution in [2.75, 3.05) is 0 Å². The Bertz CT molecular complexity index is 795. The lowest BCUT2D eigenvalue weighted by Gasteiger charge is -2.14. The Hall–Kier alpha value is -2.46. The smallest absolute Gasteiger partial charge is 0.253 e. The van der Waals surface area contributed by atoms with Crippen LogP contribution in [0.2, 0.25) is 0 Å². The third kappa shape index (κ3) is 2.46. The molecule has 0 fully saturated rings. The molecule has 0 amide bonds. The van der Waals surface area contributed by atoms with Crippen molar-refractivity contribution in [3.8, 4) is 0 Å². The average molecular weight is 265 g/mol. The molecule has 0 saturated carbocycles. The van der Waals surface area contributed by atoms with Gasteiger partial charge in [-0.3, -0.25) is 9.36 Å². The van der Waals surface area contributed by atoms with Crippen molar-refractivity contribution < 1.29 is 0 Å². The lowest BCUT2D eigenvalue weighted by molar-refractivity contribution is 0.554. The molecule has 100 valence electrons. The van der Waals surface area contributed by atoms with Gasteiger partial charge in [0.25, 0.3) is 5.56 Å². The first kappa shape index (κ1) is 12.6. The van der Waals surface area contributed by atoms with E-state index >= 15 is 0 Å². The standard InChI is InChI=1S/C16H15N3O/c17-15(10-19-11-18-8-7-16(19)20)14-6-5-12-3-1-2-4-13(12)9-14/h1-9,11,15H,10,17H2. The number of hydrogen-bond donors (Lipinski definition) is 1. The van der Waals surface area contributed by atoms with E-state index in [1.807, 2.05) is 18.2 Å². The molecular weight excluding hydrogens is 250 g/mol. The van der Waals surface area contributed by atoms with E-state index in [2.05, 4.69) is 29.2 Å².